The van der Waals surface area contributed by atoms with E-state index >= 15 is 0 Å². The van der Waals surface area contributed by atoms with Crippen LogP contribution in [-0.2, 0) is 14.3 Å². The maximum Gasteiger partial charge on any atom is 0.331 e. The zero-order chi connectivity index (χ0) is 19.1. The molecule has 0 bridgehead atoms. The van der Waals surface area contributed by atoms with E-state index in [-0.39, 0.29) is 12.5 Å². The van der Waals surface area contributed by atoms with Gasteiger partial charge in [0.1, 0.15) is 0 Å². The highest BCUT2D eigenvalue weighted by Crippen LogP contribution is 2.36. The molecule has 0 aromatic heterocycles. The molecule has 1 heterocycles. The number of methoxy groups -OCH3 is 2. The van der Waals surface area contributed by atoms with Gasteiger partial charge in [-0.3, -0.25) is 4.79 Å². The SMILES string of the molecule is COc1cc(/C=C/C(=O)OCC(=O)N2CCC(C)CC2)cc(Cl)c1OC. The molecule has 26 heavy (non-hydrogen) atoms. The zero-order valence-corrected chi connectivity index (χ0v) is 16.0. The Kier molecular flexibility index (Phi) is 7.33. The Morgan fingerprint density at radius 2 is 1.92 bits per heavy atom. The lowest BCUT2D eigenvalue weighted by atomic mass is 9.99. The second kappa shape index (κ2) is 9.48. The third kappa shape index (κ3) is 5.39. The first-order chi connectivity index (χ1) is 12.4. The second-order valence-electron chi connectivity index (χ2n) is 6.24. The first kappa shape index (κ1) is 20.1. The van der Waals surface area contributed by atoms with Crippen LogP contribution in [0.5, 0.6) is 11.5 Å². The lowest BCUT2D eigenvalue weighted by molar-refractivity contribution is -0.148. The summed E-state index contributed by atoms with van der Waals surface area (Å²) in [5, 5.41) is 0.370. The highest BCUT2D eigenvalue weighted by molar-refractivity contribution is 6.32. The Morgan fingerprint density at radius 3 is 2.54 bits per heavy atom. The fourth-order valence-electron chi connectivity index (χ4n) is 2.73. The second-order valence-corrected chi connectivity index (χ2v) is 6.65. The van der Waals surface area contributed by atoms with Crippen LogP contribution in [0.25, 0.3) is 6.08 Å². The molecule has 0 radical (unpaired) electrons. The summed E-state index contributed by atoms with van der Waals surface area (Å²) in [6.45, 7) is 3.37. The number of ether oxygens (including phenoxy) is 3. The molecule has 1 aliphatic heterocycles. The van der Waals surface area contributed by atoms with Crippen molar-refractivity contribution in [1.29, 1.82) is 0 Å². The summed E-state index contributed by atoms with van der Waals surface area (Å²) in [4.78, 5) is 25.6. The summed E-state index contributed by atoms with van der Waals surface area (Å²) in [6, 6.07) is 3.33. The van der Waals surface area contributed by atoms with Gasteiger partial charge in [0.2, 0.25) is 0 Å². The van der Waals surface area contributed by atoms with Gasteiger partial charge in [-0.15, -0.1) is 0 Å². The minimum atomic E-state index is -0.588. The maximum absolute atomic E-state index is 12.1. The Bertz CT molecular complexity index is 681. The van der Waals surface area contributed by atoms with Crippen molar-refractivity contribution in [3.8, 4) is 11.5 Å². The number of carbonyl (C=O) groups is 2. The summed E-state index contributed by atoms with van der Waals surface area (Å²) in [6.07, 6.45) is 4.77. The number of hydrogen-bond donors (Lipinski definition) is 0. The molecule has 142 valence electrons. The fourth-order valence-corrected chi connectivity index (χ4v) is 3.02. The molecule has 6 nitrogen and oxygen atoms in total. The topological polar surface area (TPSA) is 65.1 Å². The van der Waals surface area contributed by atoms with E-state index in [1.165, 1.54) is 20.3 Å². The minimum Gasteiger partial charge on any atom is -0.493 e. The quantitative estimate of drug-likeness (QED) is 0.559. The molecule has 1 amide bonds. The van der Waals surface area contributed by atoms with E-state index in [1.807, 2.05) is 0 Å². The number of carbonyl (C=O) groups excluding carboxylic acids is 2. The fraction of sp³-hybridized carbons (Fsp3) is 0.474. The molecule has 1 aromatic rings. The molecule has 1 fully saturated rings. The molecular weight excluding hydrogens is 358 g/mol. The number of amides is 1. The normalized spacial score (nSPS) is 15.2. The Hall–Kier alpha value is -2.21. The maximum atomic E-state index is 12.1. The number of halogens is 1. The van der Waals surface area contributed by atoms with Crippen molar-refractivity contribution < 1.29 is 23.8 Å². The summed E-state index contributed by atoms with van der Waals surface area (Å²) >= 11 is 6.12. The Labute approximate surface area is 158 Å². The number of rotatable bonds is 6. The number of likely N-dealkylation sites (tertiary alicyclic amines) is 1. The van der Waals surface area contributed by atoms with Crippen LogP contribution in [0.15, 0.2) is 18.2 Å². The molecule has 0 N–H and O–H groups in total. The number of nitrogens with zero attached hydrogens (tertiary/aromatic N) is 1. The van der Waals surface area contributed by atoms with E-state index in [1.54, 1.807) is 23.1 Å². The van der Waals surface area contributed by atoms with Crippen LogP contribution in [0.3, 0.4) is 0 Å². The zero-order valence-electron chi connectivity index (χ0n) is 15.3. The standard InChI is InChI=1S/C19H24ClNO5/c1-13-6-8-21(9-7-13)17(22)12-26-18(23)5-4-14-10-15(20)19(25-3)16(11-14)24-2/h4-5,10-11,13H,6-9,12H2,1-3H3/b5-4+. The average molecular weight is 382 g/mol. The lowest BCUT2D eigenvalue weighted by Crippen LogP contribution is -2.40. The smallest absolute Gasteiger partial charge is 0.331 e. The third-order valence-electron chi connectivity index (χ3n) is 4.34. The van der Waals surface area contributed by atoms with Gasteiger partial charge < -0.3 is 19.1 Å². The van der Waals surface area contributed by atoms with Crippen molar-refractivity contribution in [2.45, 2.75) is 19.8 Å². The highest BCUT2D eigenvalue weighted by Gasteiger charge is 2.20. The number of piperidine rings is 1. The largest absolute Gasteiger partial charge is 0.493 e. The molecule has 0 unspecified atom stereocenters. The minimum absolute atomic E-state index is 0.159. The van der Waals surface area contributed by atoms with Crippen LogP contribution in [0.1, 0.15) is 25.3 Å². The summed E-state index contributed by atoms with van der Waals surface area (Å²) in [5.74, 6) is 0.776. The predicted octanol–water partition coefficient (Wildman–Crippen LogP) is 3.17. The van der Waals surface area contributed by atoms with Gasteiger partial charge in [-0.05, 0) is 42.5 Å². The molecule has 0 spiro atoms. The van der Waals surface area contributed by atoms with Gasteiger partial charge >= 0.3 is 5.97 Å². The van der Waals surface area contributed by atoms with Crippen molar-refractivity contribution in [2.75, 3.05) is 33.9 Å². The van der Waals surface area contributed by atoms with Crippen LogP contribution in [0, 0.1) is 5.92 Å². The van der Waals surface area contributed by atoms with Crippen LogP contribution < -0.4 is 9.47 Å². The van der Waals surface area contributed by atoms with Crippen molar-refractivity contribution in [3.63, 3.8) is 0 Å². The molecular formula is C19H24ClNO5. The van der Waals surface area contributed by atoms with Crippen LogP contribution in [0.4, 0.5) is 0 Å². The van der Waals surface area contributed by atoms with E-state index < -0.39 is 5.97 Å². The first-order valence-electron chi connectivity index (χ1n) is 8.48. The van der Waals surface area contributed by atoms with Crippen molar-refractivity contribution in [1.82, 2.24) is 4.90 Å². The van der Waals surface area contributed by atoms with Crippen molar-refractivity contribution in [2.24, 2.45) is 5.92 Å². The molecule has 0 aliphatic carbocycles. The van der Waals surface area contributed by atoms with E-state index in [2.05, 4.69) is 6.92 Å². The van der Waals surface area contributed by atoms with E-state index in [4.69, 9.17) is 25.8 Å². The summed E-state index contributed by atoms with van der Waals surface area (Å²) < 4.78 is 15.4. The van der Waals surface area contributed by atoms with E-state index in [9.17, 15) is 9.59 Å². The van der Waals surface area contributed by atoms with Crippen LogP contribution in [-0.4, -0.2) is 50.7 Å². The van der Waals surface area contributed by atoms with Gasteiger partial charge in [0.25, 0.3) is 5.91 Å². The molecule has 1 saturated heterocycles. The molecule has 0 atom stereocenters. The first-order valence-corrected chi connectivity index (χ1v) is 8.86. The number of hydrogen-bond acceptors (Lipinski definition) is 5. The highest BCUT2D eigenvalue weighted by atomic mass is 35.5. The average Bonchev–Trinajstić information content (AvgIpc) is 2.64. The van der Waals surface area contributed by atoms with Gasteiger partial charge in [-0.1, -0.05) is 18.5 Å². The number of esters is 1. The molecule has 1 aromatic carbocycles. The third-order valence-corrected chi connectivity index (χ3v) is 4.62. The van der Waals surface area contributed by atoms with Crippen LogP contribution >= 0.6 is 11.6 Å². The van der Waals surface area contributed by atoms with Gasteiger partial charge in [0.15, 0.2) is 18.1 Å². The summed E-state index contributed by atoms with van der Waals surface area (Å²) in [7, 11) is 3.00. The van der Waals surface area contributed by atoms with E-state index in [0.717, 1.165) is 25.9 Å². The van der Waals surface area contributed by atoms with Gasteiger partial charge in [-0.2, -0.15) is 0 Å². The molecule has 0 saturated carbocycles. The lowest BCUT2D eigenvalue weighted by Gasteiger charge is -2.30. The van der Waals surface area contributed by atoms with Crippen molar-refractivity contribution in [3.05, 3.63) is 28.8 Å². The van der Waals surface area contributed by atoms with Gasteiger partial charge in [0, 0.05) is 19.2 Å². The van der Waals surface area contributed by atoms with E-state index in [0.29, 0.717) is 28.0 Å². The van der Waals surface area contributed by atoms with Gasteiger partial charge in [-0.25, -0.2) is 4.79 Å². The monoisotopic (exact) mass is 381 g/mol. The predicted molar refractivity (Wildman–Crippen MR) is 99.5 cm³/mol. The van der Waals surface area contributed by atoms with Gasteiger partial charge in [0.05, 0.1) is 19.2 Å². The Balaban J connectivity index is 1.89. The molecule has 1 aliphatic rings. The van der Waals surface area contributed by atoms with Crippen molar-refractivity contribution >= 4 is 29.6 Å². The number of benzene rings is 1. The molecule has 2 rings (SSSR count). The molecule has 7 heteroatoms. The Morgan fingerprint density at radius 1 is 1.23 bits per heavy atom. The summed E-state index contributed by atoms with van der Waals surface area (Å²) in [5.41, 5.74) is 0.654. The van der Waals surface area contributed by atoms with Crippen LogP contribution in [0.2, 0.25) is 5.02 Å².